The van der Waals surface area contributed by atoms with E-state index >= 15 is 0 Å². The van der Waals surface area contributed by atoms with Crippen molar-refractivity contribution in [1.29, 1.82) is 0 Å². The minimum atomic E-state index is -0.362. The van der Waals surface area contributed by atoms with Gasteiger partial charge in [0.2, 0.25) is 0 Å². The number of benzene rings is 1. The molecule has 1 N–H and O–H groups in total. The van der Waals surface area contributed by atoms with Crippen LogP contribution in [-0.2, 0) is 9.47 Å². The highest BCUT2D eigenvalue weighted by molar-refractivity contribution is 9.11. The minimum Gasteiger partial charge on any atom is -0.493 e. The zero-order valence-corrected chi connectivity index (χ0v) is 22.0. The number of nitrogens with one attached hydrogen (secondary N) is 1. The summed E-state index contributed by atoms with van der Waals surface area (Å²) in [5.74, 6) is 1.24. The van der Waals surface area contributed by atoms with Crippen LogP contribution < -0.4 is 14.8 Å². The van der Waals surface area contributed by atoms with Gasteiger partial charge in [-0.3, -0.25) is 4.90 Å². The Morgan fingerprint density at radius 2 is 2.11 bits per heavy atom. The number of anilines is 1. The third-order valence-electron chi connectivity index (χ3n) is 6.65. The number of ether oxygens (including phenoxy) is 4. The zero-order valence-electron chi connectivity index (χ0n) is 20.4. The summed E-state index contributed by atoms with van der Waals surface area (Å²) >= 11 is 3.44. The fraction of sp³-hybridized carbons (Fsp3) is 0.462. The normalized spacial score (nSPS) is 23.0. The molecule has 2 saturated heterocycles. The van der Waals surface area contributed by atoms with Crippen LogP contribution in [0.1, 0.15) is 19.8 Å². The van der Waals surface area contributed by atoms with Crippen LogP contribution in [0.2, 0.25) is 0 Å². The number of rotatable bonds is 7. The highest BCUT2D eigenvalue weighted by Gasteiger charge is 2.31. The van der Waals surface area contributed by atoms with E-state index in [1.165, 1.54) is 12.4 Å². The van der Waals surface area contributed by atoms with E-state index in [0.29, 0.717) is 66.2 Å². The lowest BCUT2D eigenvalue weighted by atomic mass is 10.1. The lowest BCUT2D eigenvalue weighted by Gasteiger charge is -2.41. The van der Waals surface area contributed by atoms with Crippen LogP contribution in [0.4, 0.5) is 10.2 Å². The minimum absolute atomic E-state index is 0.0422. The molecule has 3 aliphatic rings. The molecule has 36 heavy (non-hydrogen) atoms. The fourth-order valence-electron chi connectivity index (χ4n) is 4.62. The van der Waals surface area contributed by atoms with E-state index in [4.69, 9.17) is 18.9 Å². The lowest BCUT2D eigenvalue weighted by Crippen LogP contribution is -2.56. The maximum absolute atomic E-state index is 14.9. The Morgan fingerprint density at radius 3 is 2.94 bits per heavy atom. The molecule has 0 saturated carbocycles. The van der Waals surface area contributed by atoms with E-state index in [9.17, 15) is 4.39 Å². The fourth-order valence-corrected chi connectivity index (χ4v) is 5.18. The summed E-state index contributed by atoms with van der Waals surface area (Å²) in [6.07, 6.45) is 6.23. The summed E-state index contributed by atoms with van der Waals surface area (Å²) in [6, 6.07) is 3.96. The molecule has 5 rings (SSSR count). The number of methoxy groups -OCH3 is 1. The summed E-state index contributed by atoms with van der Waals surface area (Å²) in [4.78, 5) is 11.2. The Morgan fingerprint density at radius 1 is 1.22 bits per heavy atom. The van der Waals surface area contributed by atoms with E-state index in [1.807, 2.05) is 18.2 Å². The molecule has 0 spiro atoms. The number of hydrogen-bond acceptors (Lipinski definition) is 8. The SMILES string of the molecule is CCC1=CC(Nc2ncnc3cc(OC[C@H]4CN5CCOC[C@H]5CO4)c(OC)cc23)=C(F)C=C(Br)C1. The molecular weight excluding hydrogens is 531 g/mol. The Bertz CT molecular complexity index is 1220. The van der Waals surface area contributed by atoms with Crippen molar-refractivity contribution in [3.05, 3.63) is 52.2 Å². The molecule has 0 unspecified atom stereocenters. The van der Waals surface area contributed by atoms with Gasteiger partial charge in [0, 0.05) is 35.4 Å². The molecule has 1 aromatic carbocycles. The zero-order chi connectivity index (χ0) is 25.1. The second kappa shape index (κ2) is 11.2. The maximum Gasteiger partial charge on any atom is 0.163 e. The number of hydrogen-bond donors (Lipinski definition) is 1. The molecular formula is C26H30BrFN4O4. The maximum atomic E-state index is 14.9. The summed E-state index contributed by atoms with van der Waals surface area (Å²) in [5, 5.41) is 3.86. The van der Waals surface area contributed by atoms with Crippen molar-refractivity contribution in [2.24, 2.45) is 0 Å². The number of allylic oxidation sites excluding steroid dienone is 5. The van der Waals surface area contributed by atoms with E-state index in [1.54, 1.807) is 7.11 Å². The molecule has 1 aliphatic carbocycles. The first-order valence-corrected chi connectivity index (χ1v) is 12.9. The van der Waals surface area contributed by atoms with Crippen molar-refractivity contribution < 1.29 is 23.3 Å². The molecule has 192 valence electrons. The molecule has 2 atom stereocenters. The van der Waals surface area contributed by atoms with Crippen LogP contribution >= 0.6 is 15.9 Å². The van der Waals surface area contributed by atoms with Gasteiger partial charge < -0.3 is 24.3 Å². The van der Waals surface area contributed by atoms with Gasteiger partial charge >= 0.3 is 0 Å². The quantitative estimate of drug-likeness (QED) is 0.520. The summed E-state index contributed by atoms with van der Waals surface area (Å²) in [7, 11) is 1.59. The van der Waals surface area contributed by atoms with Gasteiger partial charge in [0.1, 0.15) is 30.7 Å². The van der Waals surface area contributed by atoms with Crippen molar-refractivity contribution >= 4 is 32.7 Å². The summed E-state index contributed by atoms with van der Waals surface area (Å²) < 4.78 is 39.0. The molecule has 0 amide bonds. The van der Waals surface area contributed by atoms with Crippen LogP contribution in [-0.4, -0.2) is 73.6 Å². The van der Waals surface area contributed by atoms with Crippen LogP contribution in [0.5, 0.6) is 11.5 Å². The Labute approximate surface area is 218 Å². The van der Waals surface area contributed by atoms with Crippen LogP contribution in [0.3, 0.4) is 0 Å². The van der Waals surface area contributed by atoms with Gasteiger partial charge in [0.15, 0.2) is 11.5 Å². The van der Waals surface area contributed by atoms with Crippen LogP contribution in [0, 0.1) is 0 Å². The van der Waals surface area contributed by atoms with Crippen molar-refractivity contribution in [3.8, 4) is 11.5 Å². The van der Waals surface area contributed by atoms with Gasteiger partial charge in [-0.2, -0.15) is 0 Å². The van der Waals surface area contributed by atoms with E-state index in [2.05, 4.69) is 43.0 Å². The largest absolute Gasteiger partial charge is 0.493 e. The summed E-state index contributed by atoms with van der Waals surface area (Å²) in [5.41, 5.74) is 2.12. The van der Waals surface area contributed by atoms with Crippen molar-refractivity contribution in [1.82, 2.24) is 14.9 Å². The predicted molar refractivity (Wildman–Crippen MR) is 139 cm³/mol. The summed E-state index contributed by atoms with van der Waals surface area (Å²) in [6.45, 7) is 6.27. The second-order valence-electron chi connectivity index (χ2n) is 9.04. The van der Waals surface area contributed by atoms with Gasteiger partial charge in [0.05, 0.1) is 44.2 Å². The monoisotopic (exact) mass is 560 g/mol. The second-order valence-corrected chi connectivity index (χ2v) is 10.1. The lowest BCUT2D eigenvalue weighted by molar-refractivity contribution is -0.124. The molecule has 2 aromatic rings. The van der Waals surface area contributed by atoms with Crippen LogP contribution in [0.15, 0.2) is 52.2 Å². The Balaban J connectivity index is 1.36. The first-order valence-electron chi connectivity index (χ1n) is 12.1. The molecule has 3 heterocycles. The molecule has 8 nitrogen and oxygen atoms in total. The number of fused-ring (bicyclic) bond motifs is 2. The van der Waals surface area contributed by atoms with E-state index in [-0.39, 0.29) is 11.9 Å². The Hall–Kier alpha value is -2.53. The Kier molecular flexibility index (Phi) is 7.85. The number of aromatic nitrogens is 2. The third kappa shape index (κ3) is 5.56. The van der Waals surface area contributed by atoms with Crippen molar-refractivity contribution in [2.45, 2.75) is 31.9 Å². The highest BCUT2D eigenvalue weighted by Crippen LogP contribution is 2.36. The van der Waals surface area contributed by atoms with Gasteiger partial charge in [-0.1, -0.05) is 28.4 Å². The van der Waals surface area contributed by atoms with E-state index < -0.39 is 0 Å². The highest BCUT2D eigenvalue weighted by atomic mass is 79.9. The standard InChI is InChI=1S/C26H30BrFN4O4/c1-3-16-6-17(27)8-21(28)23(7-16)31-26-20-9-24(33-2)25(10-22(20)29-15-30-26)36-14-19-11-32-4-5-34-12-18(32)13-35-19/h7-10,15,18-19H,3-6,11-14H2,1-2H3,(H,29,30,31)/t18-,19+/m0/s1. The molecule has 2 fully saturated rings. The first-order chi connectivity index (χ1) is 17.5. The average Bonchev–Trinajstić information content (AvgIpc) is 3.03. The molecule has 0 radical (unpaired) electrons. The topological polar surface area (TPSA) is 78.0 Å². The smallest absolute Gasteiger partial charge is 0.163 e. The van der Waals surface area contributed by atoms with E-state index in [0.717, 1.165) is 36.2 Å². The third-order valence-corrected chi connectivity index (χ3v) is 7.16. The van der Waals surface area contributed by atoms with Gasteiger partial charge in [-0.15, -0.1) is 0 Å². The number of morpholine rings is 2. The van der Waals surface area contributed by atoms with Crippen molar-refractivity contribution in [2.75, 3.05) is 51.9 Å². The predicted octanol–water partition coefficient (Wildman–Crippen LogP) is 4.73. The number of nitrogens with zero attached hydrogens (tertiary/aromatic N) is 3. The number of halogens is 2. The molecule has 0 bridgehead atoms. The molecule has 1 aromatic heterocycles. The van der Waals surface area contributed by atoms with Crippen LogP contribution in [0.25, 0.3) is 10.9 Å². The first kappa shape index (κ1) is 25.1. The van der Waals surface area contributed by atoms with Gasteiger partial charge in [0.25, 0.3) is 0 Å². The van der Waals surface area contributed by atoms with Gasteiger partial charge in [-0.05, 0) is 24.6 Å². The molecule has 2 aliphatic heterocycles. The van der Waals surface area contributed by atoms with Gasteiger partial charge in [-0.25, -0.2) is 14.4 Å². The molecule has 10 heteroatoms. The van der Waals surface area contributed by atoms with Crippen molar-refractivity contribution in [3.63, 3.8) is 0 Å². The average molecular weight is 561 g/mol.